The molecule has 4 nitrogen and oxygen atoms in total. The molecular weight excluding hydrogens is 142 g/mol. The molecule has 0 aromatic carbocycles. The van der Waals surface area contributed by atoms with Crippen molar-refractivity contribution in [1.29, 1.82) is 5.41 Å². The van der Waals surface area contributed by atoms with Crippen molar-refractivity contribution in [3.05, 3.63) is 30.1 Å². The zero-order valence-corrected chi connectivity index (χ0v) is 6.16. The number of aromatic nitrogens is 1. The lowest BCUT2D eigenvalue weighted by Gasteiger charge is -2.02. The fraction of sp³-hybridized carbons (Fsp3) is 0.143. The molecule has 0 saturated heterocycles. The molecular formula is C7H9N3O. The predicted molar refractivity (Wildman–Crippen MR) is 41.2 cm³/mol. The van der Waals surface area contributed by atoms with Gasteiger partial charge in [-0.3, -0.25) is 15.2 Å². The van der Waals surface area contributed by atoms with Crippen molar-refractivity contribution < 1.29 is 4.84 Å². The number of hydrogen-bond donors (Lipinski definition) is 2. The lowest BCUT2D eigenvalue weighted by atomic mass is 10.3. The molecule has 0 atom stereocenters. The van der Waals surface area contributed by atoms with Crippen LogP contribution in [0.1, 0.15) is 5.56 Å². The molecule has 1 heterocycles. The summed E-state index contributed by atoms with van der Waals surface area (Å²) < 4.78 is 0. The standard InChI is InChI=1S/C7H9N3O/c1-11-10-7(8)6-3-2-4-9-5-6/h2-5H,1H3,(H2,8,10). The summed E-state index contributed by atoms with van der Waals surface area (Å²) >= 11 is 0. The Balaban J connectivity index is 2.69. The van der Waals surface area contributed by atoms with Crippen LogP contribution in [-0.4, -0.2) is 17.9 Å². The van der Waals surface area contributed by atoms with Gasteiger partial charge in [0.05, 0.1) is 7.11 Å². The minimum atomic E-state index is 0.209. The van der Waals surface area contributed by atoms with Gasteiger partial charge < -0.3 is 0 Å². The molecule has 11 heavy (non-hydrogen) atoms. The average molecular weight is 151 g/mol. The van der Waals surface area contributed by atoms with Crippen LogP contribution in [0, 0.1) is 5.41 Å². The quantitative estimate of drug-likeness (QED) is 0.369. The molecule has 4 heteroatoms. The van der Waals surface area contributed by atoms with E-state index in [0.29, 0.717) is 5.56 Å². The topological polar surface area (TPSA) is 58.0 Å². The third-order valence-electron chi connectivity index (χ3n) is 1.15. The fourth-order valence-electron chi connectivity index (χ4n) is 0.672. The summed E-state index contributed by atoms with van der Waals surface area (Å²) in [6.07, 6.45) is 3.25. The first-order valence-corrected chi connectivity index (χ1v) is 3.12. The Labute approximate surface area is 64.7 Å². The van der Waals surface area contributed by atoms with E-state index in [4.69, 9.17) is 5.41 Å². The van der Waals surface area contributed by atoms with Gasteiger partial charge in [0.15, 0.2) is 5.84 Å². The second-order valence-corrected chi connectivity index (χ2v) is 1.92. The van der Waals surface area contributed by atoms with E-state index in [1.165, 1.54) is 7.11 Å². The van der Waals surface area contributed by atoms with Crippen molar-refractivity contribution >= 4 is 5.84 Å². The van der Waals surface area contributed by atoms with Gasteiger partial charge in [0.1, 0.15) is 0 Å². The summed E-state index contributed by atoms with van der Waals surface area (Å²) in [5.74, 6) is 0.209. The van der Waals surface area contributed by atoms with Crippen molar-refractivity contribution in [2.45, 2.75) is 0 Å². The molecule has 58 valence electrons. The van der Waals surface area contributed by atoms with Crippen LogP contribution in [0.2, 0.25) is 0 Å². The molecule has 0 bridgehead atoms. The van der Waals surface area contributed by atoms with E-state index in [2.05, 4.69) is 15.3 Å². The largest absolute Gasteiger partial charge is 0.283 e. The minimum Gasteiger partial charge on any atom is -0.283 e. The van der Waals surface area contributed by atoms with E-state index < -0.39 is 0 Å². The van der Waals surface area contributed by atoms with Crippen molar-refractivity contribution in [2.75, 3.05) is 7.11 Å². The molecule has 1 rings (SSSR count). The number of pyridine rings is 1. The van der Waals surface area contributed by atoms with Crippen LogP contribution in [0.4, 0.5) is 0 Å². The maximum Gasteiger partial charge on any atom is 0.151 e. The van der Waals surface area contributed by atoms with E-state index in [1.807, 2.05) is 0 Å². The Hall–Kier alpha value is -1.42. The van der Waals surface area contributed by atoms with Crippen molar-refractivity contribution in [3.8, 4) is 0 Å². The number of nitrogens with zero attached hydrogens (tertiary/aromatic N) is 1. The maximum atomic E-state index is 7.35. The molecule has 2 N–H and O–H groups in total. The lowest BCUT2D eigenvalue weighted by Crippen LogP contribution is -2.21. The maximum absolute atomic E-state index is 7.35. The highest BCUT2D eigenvalue weighted by Gasteiger charge is 1.96. The number of nitrogens with one attached hydrogen (secondary N) is 2. The molecule has 0 amide bonds. The van der Waals surface area contributed by atoms with Crippen LogP contribution in [0.5, 0.6) is 0 Å². The van der Waals surface area contributed by atoms with E-state index >= 15 is 0 Å². The van der Waals surface area contributed by atoms with E-state index in [-0.39, 0.29) is 5.84 Å². The summed E-state index contributed by atoms with van der Waals surface area (Å²) in [6, 6.07) is 3.54. The summed E-state index contributed by atoms with van der Waals surface area (Å²) in [7, 11) is 1.46. The molecule has 0 spiro atoms. The van der Waals surface area contributed by atoms with Gasteiger partial charge in [0, 0.05) is 18.0 Å². The Bertz CT molecular complexity index is 235. The number of amidine groups is 1. The Kier molecular flexibility index (Phi) is 2.57. The smallest absolute Gasteiger partial charge is 0.151 e. The second kappa shape index (κ2) is 3.68. The van der Waals surface area contributed by atoms with Crippen molar-refractivity contribution in [1.82, 2.24) is 10.5 Å². The van der Waals surface area contributed by atoms with Gasteiger partial charge in [-0.15, -0.1) is 0 Å². The molecule has 1 aromatic heterocycles. The van der Waals surface area contributed by atoms with Crippen LogP contribution < -0.4 is 5.48 Å². The first-order chi connectivity index (χ1) is 5.34. The van der Waals surface area contributed by atoms with Gasteiger partial charge in [-0.1, -0.05) is 0 Å². The molecule has 0 saturated carbocycles. The molecule has 0 aliphatic heterocycles. The molecule has 0 aliphatic rings. The molecule has 1 aromatic rings. The highest BCUT2D eigenvalue weighted by molar-refractivity contribution is 5.95. The third kappa shape index (κ3) is 2.01. The molecule has 0 unspecified atom stereocenters. The number of rotatable bonds is 2. The van der Waals surface area contributed by atoms with Crippen molar-refractivity contribution in [2.24, 2.45) is 0 Å². The SMILES string of the molecule is CONC(=N)c1cccnc1. The Morgan fingerprint density at radius 3 is 3.09 bits per heavy atom. The van der Waals surface area contributed by atoms with Gasteiger partial charge >= 0.3 is 0 Å². The third-order valence-corrected chi connectivity index (χ3v) is 1.15. The second-order valence-electron chi connectivity index (χ2n) is 1.92. The van der Waals surface area contributed by atoms with E-state index in [1.54, 1.807) is 24.5 Å². The van der Waals surface area contributed by atoms with Crippen LogP contribution in [-0.2, 0) is 4.84 Å². The summed E-state index contributed by atoms with van der Waals surface area (Å²) in [4.78, 5) is 8.41. The van der Waals surface area contributed by atoms with Gasteiger partial charge in [0.25, 0.3) is 0 Å². The van der Waals surface area contributed by atoms with Crippen LogP contribution in [0.15, 0.2) is 24.5 Å². The van der Waals surface area contributed by atoms with E-state index in [0.717, 1.165) is 0 Å². The van der Waals surface area contributed by atoms with Crippen LogP contribution >= 0.6 is 0 Å². The van der Waals surface area contributed by atoms with Crippen molar-refractivity contribution in [3.63, 3.8) is 0 Å². The summed E-state index contributed by atoms with van der Waals surface area (Å²) in [5.41, 5.74) is 3.11. The van der Waals surface area contributed by atoms with E-state index in [9.17, 15) is 0 Å². The molecule has 0 fully saturated rings. The monoisotopic (exact) mass is 151 g/mol. The molecule has 0 aliphatic carbocycles. The minimum absolute atomic E-state index is 0.209. The van der Waals surface area contributed by atoms with Gasteiger partial charge in [-0.2, -0.15) is 0 Å². The van der Waals surface area contributed by atoms with Gasteiger partial charge in [-0.05, 0) is 12.1 Å². The summed E-state index contributed by atoms with van der Waals surface area (Å²) in [5, 5.41) is 7.35. The lowest BCUT2D eigenvalue weighted by molar-refractivity contribution is 0.144. The number of hydrogen-bond acceptors (Lipinski definition) is 3. The summed E-state index contributed by atoms with van der Waals surface area (Å²) in [6.45, 7) is 0. The Morgan fingerprint density at radius 2 is 2.55 bits per heavy atom. The van der Waals surface area contributed by atoms with Gasteiger partial charge in [-0.25, -0.2) is 5.48 Å². The highest BCUT2D eigenvalue weighted by atomic mass is 16.6. The first-order valence-electron chi connectivity index (χ1n) is 3.12. The highest BCUT2D eigenvalue weighted by Crippen LogP contribution is 1.93. The Morgan fingerprint density at radius 1 is 1.73 bits per heavy atom. The molecule has 0 radical (unpaired) electrons. The number of hydroxylamine groups is 1. The zero-order chi connectivity index (χ0) is 8.10. The fourth-order valence-corrected chi connectivity index (χ4v) is 0.672. The predicted octanol–water partition coefficient (Wildman–Crippen LogP) is 0.558. The zero-order valence-electron chi connectivity index (χ0n) is 6.16. The average Bonchev–Trinajstić information content (AvgIpc) is 2.07. The normalized spacial score (nSPS) is 9.18. The first kappa shape index (κ1) is 7.68. The van der Waals surface area contributed by atoms with Crippen LogP contribution in [0.25, 0.3) is 0 Å². The van der Waals surface area contributed by atoms with Gasteiger partial charge in [0.2, 0.25) is 0 Å². The van der Waals surface area contributed by atoms with Crippen LogP contribution in [0.3, 0.4) is 0 Å².